The Balaban J connectivity index is 4.00. The molecule has 0 aliphatic rings. The van der Waals surface area contributed by atoms with Crippen molar-refractivity contribution in [2.24, 2.45) is 0 Å². The maximum Gasteiger partial charge on any atom is 0.267 e. The van der Waals surface area contributed by atoms with Crippen LogP contribution in [-0.2, 0) is 14.9 Å². The molecule has 0 saturated heterocycles. The Kier molecular flexibility index (Phi) is 30.9. The van der Waals surface area contributed by atoms with Gasteiger partial charge in [0.05, 0.1) is 17.9 Å². The van der Waals surface area contributed by atoms with E-state index < -0.39 is 28.0 Å². The lowest BCUT2D eigenvalue weighted by molar-refractivity contribution is -0.122. The second-order valence-corrected chi connectivity index (χ2v) is 14.4. The van der Waals surface area contributed by atoms with Crippen molar-refractivity contribution in [2.75, 3.05) is 5.75 Å². The van der Waals surface area contributed by atoms with Gasteiger partial charge in [0, 0.05) is 6.42 Å². The first-order valence-corrected chi connectivity index (χ1v) is 20.1. The first-order chi connectivity index (χ1) is 21.3. The highest BCUT2D eigenvalue weighted by Gasteiger charge is 2.24. The van der Waals surface area contributed by atoms with Crippen LogP contribution in [0.25, 0.3) is 0 Å². The van der Waals surface area contributed by atoms with Crippen molar-refractivity contribution >= 4 is 16.0 Å². The van der Waals surface area contributed by atoms with Gasteiger partial charge in [-0.2, -0.15) is 8.42 Å². The summed E-state index contributed by atoms with van der Waals surface area (Å²) in [7, 11) is -4.34. The van der Waals surface area contributed by atoms with Crippen LogP contribution < -0.4 is 5.32 Å². The number of amides is 1. The molecule has 7 heteroatoms. The summed E-state index contributed by atoms with van der Waals surface area (Å²) in [5.74, 6) is -0.987. The van der Waals surface area contributed by atoms with Gasteiger partial charge in [-0.3, -0.25) is 9.35 Å². The van der Waals surface area contributed by atoms with Gasteiger partial charge in [-0.25, -0.2) is 0 Å². The fourth-order valence-corrected chi connectivity index (χ4v) is 6.30. The number of rotatable bonds is 33. The van der Waals surface area contributed by atoms with Gasteiger partial charge in [0.1, 0.15) is 0 Å². The Labute approximate surface area is 273 Å². The molecule has 44 heavy (non-hydrogen) atoms. The van der Waals surface area contributed by atoms with Crippen molar-refractivity contribution in [3.8, 4) is 0 Å². The van der Waals surface area contributed by atoms with Crippen LogP contribution in [-0.4, -0.2) is 41.9 Å². The third-order valence-corrected chi connectivity index (χ3v) is 9.15. The van der Waals surface area contributed by atoms with E-state index in [1.54, 1.807) is 6.08 Å². The number of carbonyl (C=O) groups excluding carboxylic acids is 1. The van der Waals surface area contributed by atoms with Crippen molar-refractivity contribution in [3.05, 3.63) is 24.3 Å². The summed E-state index contributed by atoms with van der Waals surface area (Å²) in [5.41, 5.74) is 0. The minimum absolute atomic E-state index is 0.287. The maximum absolute atomic E-state index is 12.4. The van der Waals surface area contributed by atoms with E-state index in [1.165, 1.54) is 109 Å². The summed E-state index contributed by atoms with van der Waals surface area (Å²) in [6, 6.07) is -1.06. The van der Waals surface area contributed by atoms with Crippen LogP contribution >= 0.6 is 0 Å². The Morgan fingerprint density at radius 2 is 0.955 bits per heavy atom. The first-order valence-electron chi connectivity index (χ1n) is 18.5. The average Bonchev–Trinajstić information content (AvgIpc) is 2.98. The van der Waals surface area contributed by atoms with E-state index >= 15 is 0 Å². The standard InChI is InChI=1S/C37H71NO5S/c1-3-5-7-9-11-13-15-17-19-21-23-25-27-29-31-33-37(40)38-35(34-44(41,42)43)36(39)32-30-28-26-24-22-20-18-16-14-12-10-8-6-4-2/h17,19,30,32,35-36,39H,3-16,18,20-29,31,33-34H2,1-2H3,(H,38,40)(H,41,42,43)/b19-17-,32-30+. The van der Waals surface area contributed by atoms with Crippen LogP contribution in [0.4, 0.5) is 0 Å². The molecule has 0 spiro atoms. The van der Waals surface area contributed by atoms with Crippen molar-refractivity contribution in [1.82, 2.24) is 5.32 Å². The zero-order chi connectivity index (χ0) is 32.6. The van der Waals surface area contributed by atoms with Gasteiger partial charge in [-0.1, -0.05) is 160 Å². The normalized spacial score (nSPS) is 13.6. The number of aliphatic hydroxyl groups excluding tert-OH is 1. The largest absolute Gasteiger partial charge is 0.387 e. The summed E-state index contributed by atoms with van der Waals surface area (Å²) < 4.78 is 32.3. The third kappa shape index (κ3) is 32.2. The van der Waals surface area contributed by atoms with Gasteiger partial charge in [-0.15, -0.1) is 0 Å². The highest BCUT2D eigenvalue weighted by atomic mass is 32.2. The molecule has 0 aromatic rings. The van der Waals surface area contributed by atoms with Crippen molar-refractivity contribution in [3.63, 3.8) is 0 Å². The topological polar surface area (TPSA) is 104 Å². The Hall–Kier alpha value is -1.18. The molecule has 0 aliphatic heterocycles. The van der Waals surface area contributed by atoms with Crippen LogP contribution in [0, 0.1) is 0 Å². The molecular weight excluding hydrogens is 570 g/mol. The molecule has 0 fully saturated rings. The fraction of sp³-hybridized carbons (Fsp3) is 0.865. The smallest absolute Gasteiger partial charge is 0.267 e. The van der Waals surface area contributed by atoms with Gasteiger partial charge in [-0.05, 0) is 44.9 Å². The van der Waals surface area contributed by atoms with Crippen LogP contribution in [0.1, 0.15) is 187 Å². The van der Waals surface area contributed by atoms with E-state index in [-0.39, 0.29) is 12.3 Å². The molecule has 2 atom stereocenters. The summed E-state index contributed by atoms with van der Waals surface area (Å²) in [6.45, 7) is 4.50. The highest BCUT2D eigenvalue weighted by Crippen LogP contribution is 2.14. The summed E-state index contributed by atoms with van der Waals surface area (Å²) in [4.78, 5) is 12.4. The summed E-state index contributed by atoms with van der Waals surface area (Å²) in [5, 5.41) is 13.2. The molecule has 0 aromatic carbocycles. The fourth-order valence-electron chi connectivity index (χ4n) is 5.56. The number of aliphatic hydroxyl groups is 1. The van der Waals surface area contributed by atoms with Crippen molar-refractivity contribution < 1.29 is 22.9 Å². The molecule has 0 aromatic heterocycles. The highest BCUT2D eigenvalue weighted by molar-refractivity contribution is 7.85. The molecule has 0 aliphatic carbocycles. The number of hydrogen-bond donors (Lipinski definition) is 3. The SMILES string of the molecule is CCCCCCCC/C=C\CCCCCCCC(=O)NC(CS(=O)(=O)O)C(O)/C=C/CCCCCCCCCCCCCC. The maximum atomic E-state index is 12.4. The Bertz CT molecular complexity index is 796. The second kappa shape index (κ2) is 31.8. The molecule has 0 saturated carbocycles. The predicted octanol–water partition coefficient (Wildman–Crippen LogP) is 10.4. The molecule has 2 unspecified atom stereocenters. The van der Waals surface area contributed by atoms with E-state index in [9.17, 15) is 22.9 Å². The van der Waals surface area contributed by atoms with Gasteiger partial charge >= 0.3 is 0 Å². The number of allylic oxidation sites excluding steroid dienone is 3. The lowest BCUT2D eigenvalue weighted by Crippen LogP contribution is -2.46. The second-order valence-electron chi connectivity index (χ2n) is 12.9. The van der Waals surface area contributed by atoms with E-state index in [0.717, 1.165) is 57.8 Å². The first kappa shape index (κ1) is 42.8. The van der Waals surface area contributed by atoms with Gasteiger partial charge in [0.25, 0.3) is 10.1 Å². The number of carbonyl (C=O) groups is 1. The molecular formula is C37H71NO5S. The van der Waals surface area contributed by atoms with Crippen molar-refractivity contribution in [2.45, 2.75) is 199 Å². The van der Waals surface area contributed by atoms with Gasteiger partial charge in [0.15, 0.2) is 0 Å². The van der Waals surface area contributed by atoms with E-state index in [4.69, 9.17) is 0 Å². The molecule has 1 amide bonds. The lowest BCUT2D eigenvalue weighted by atomic mass is 10.0. The monoisotopic (exact) mass is 642 g/mol. The Morgan fingerprint density at radius 1 is 0.591 bits per heavy atom. The van der Waals surface area contributed by atoms with Crippen LogP contribution in [0.5, 0.6) is 0 Å². The van der Waals surface area contributed by atoms with Crippen LogP contribution in [0.3, 0.4) is 0 Å². The van der Waals surface area contributed by atoms with Crippen LogP contribution in [0.2, 0.25) is 0 Å². The van der Waals surface area contributed by atoms with E-state index in [0.29, 0.717) is 0 Å². The minimum Gasteiger partial charge on any atom is -0.387 e. The molecule has 3 N–H and O–H groups in total. The van der Waals surface area contributed by atoms with Crippen molar-refractivity contribution in [1.29, 1.82) is 0 Å². The van der Waals surface area contributed by atoms with E-state index in [2.05, 4.69) is 31.3 Å². The molecule has 0 heterocycles. The van der Waals surface area contributed by atoms with E-state index in [1.807, 2.05) is 6.08 Å². The predicted molar refractivity (Wildman–Crippen MR) is 189 cm³/mol. The van der Waals surface area contributed by atoms with Crippen LogP contribution in [0.15, 0.2) is 24.3 Å². The average molecular weight is 642 g/mol. The number of unbranched alkanes of at least 4 members (excludes halogenated alkanes) is 23. The number of hydrogen-bond acceptors (Lipinski definition) is 4. The quantitative estimate of drug-likeness (QED) is 0.0376. The zero-order valence-electron chi connectivity index (χ0n) is 28.8. The number of nitrogens with one attached hydrogen (secondary N) is 1. The van der Waals surface area contributed by atoms with Gasteiger partial charge < -0.3 is 10.4 Å². The lowest BCUT2D eigenvalue weighted by Gasteiger charge is -2.21. The third-order valence-electron chi connectivity index (χ3n) is 8.37. The van der Waals surface area contributed by atoms with Gasteiger partial charge in [0.2, 0.25) is 5.91 Å². The molecule has 0 radical (unpaired) electrons. The summed E-state index contributed by atoms with van der Waals surface area (Å²) in [6.07, 6.45) is 38.7. The molecule has 6 nitrogen and oxygen atoms in total. The molecule has 0 bridgehead atoms. The molecule has 260 valence electrons. The molecule has 0 rings (SSSR count). The minimum atomic E-state index is -4.34. The Morgan fingerprint density at radius 3 is 1.36 bits per heavy atom. The zero-order valence-corrected chi connectivity index (χ0v) is 29.6. The summed E-state index contributed by atoms with van der Waals surface area (Å²) >= 11 is 0.